The number of ether oxygens (including phenoxy) is 1. The molecule has 0 spiro atoms. The number of carboxylic acid groups (broad SMARTS) is 1. The first-order chi connectivity index (χ1) is 8.97. The average Bonchev–Trinajstić information content (AvgIpc) is 3.13. The number of methoxy groups -OCH3 is 1. The molecule has 0 heterocycles. The number of nitrogens with zero attached hydrogens (tertiary/aromatic N) is 2. The third kappa shape index (κ3) is 5.06. The summed E-state index contributed by atoms with van der Waals surface area (Å²) >= 11 is 0. The lowest BCUT2D eigenvalue weighted by molar-refractivity contribution is -0.137. The highest BCUT2D eigenvalue weighted by Gasteiger charge is 2.35. The molecule has 19 heavy (non-hydrogen) atoms. The predicted octanol–water partition coefficient (Wildman–Crippen LogP) is 1.40. The van der Waals surface area contributed by atoms with E-state index in [0.29, 0.717) is 13.2 Å². The van der Waals surface area contributed by atoms with Crippen molar-refractivity contribution in [3.05, 3.63) is 0 Å². The Morgan fingerprint density at radius 3 is 2.37 bits per heavy atom. The van der Waals surface area contributed by atoms with Crippen LogP contribution in [0.25, 0.3) is 0 Å². The average molecular weight is 272 g/mol. The fraction of sp³-hybridized carbons (Fsp3) is 0.846. The van der Waals surface area contributed by atoms with E-state index in [0.717, 1.165) is 12.8 Å². The van der Waals surface area contributed by atoms with Crippen LogP contribution in [0.4, 0.5) is 4.79 Å². The minimum absolute atomic E-state index is 0.00153. The van der Waals surface area contributed by atoms with E-state index in [-0.39, 0.29) is 31.1 Å². The minimum Gasteiger partial charge on any atom is -0.481 e. The number of rotatable bonds is 8. The Morgan fingerprint density at radius 2 is 1.95 bits per heavy atom. The summed E-state index contributed by atoms with van der Waals surface area (Å²) in [5.74, 6) is -0.869. The third-order valence-corrected chi connectivity index (χ3v) is 3.21. The van der Waals surface area contributed by atoms with Gasteiger partial charge in [0.25, 0.3) is 0 Å². The summed E-state index contributed by atoms with van der Waals surface area (Å²) in [5, 5.41) is 8.76. The minimum atomic E-state index is -0.869. The van der Waals surface area contributed by atoms with Gasteiger partial charge in [-0.1, -0.05) is 0 Å². The van der Waals surface area contributed by atoms with Gasteiger partial charge in [0.05, 0.1) is 13.0 Å². The number of carbonyl (C=O) groups excluding carboxylic acids is 1. The van der Waals surface area contributed by atoms with Crippen molar-refractivity contribution >= 4 is 12.0 Å². The molecule has 0 bridgehead atoms. The highest BCUT2D eigenvalue weighted by atomic mass is 16.5. The van der Waals surface area contributed by atoms with Crippen molar-refractivity contribution in [2.24, 2.45) is 0 Å². The van der Waals surface area contributed by atoms with Gasteiger partial charge >= 0.3 is 12.0 Å². The van der Waals surface area contributed by atoms with E-state index in [1.807, 2.05) is 13.8 Å². The van der Waals surface area contributed by atoms with Crippen molar-refractivity contribution in [1.29, 1.82) is 0 Å². The Balaban J connectivity index is 2.63. The first kappa shape index (κ1) is 15.8. The Bertz CT molecular complexity index is 316. The summed E-state index contributed by atoms with van der Waals surface area (Å²) in [7, 11) is 1.60. The Labute approximate surface area is 114 Å². The number of carbonyl (C=O) groups is 2. The van der Waals surface area contributed by atoms with Gasteiger partial charge < -0.3 is 19.6 Å². The molecule has 6 heteroatoms. The fourth-order valence-electron chi connectivity index (χ4n) is 1.97. The summed E-state index contributed by atoms with van der Waals surface area (Å²) in [6.07, 6.45) is 1.95. The third-order valence-electron chi connectivity index (χ3n) is 3.21. The molecule has 2 amide bonds. The van der Waals surface area contributed by atoms with Crippen LogP contribution in [-0.2, 0) is 9.53 Å². The number of urea groups is 1. The van der Waals surface area contributed by atoms with E-state index >= 15 is 0 Å². The lowest BCUT2D eigenvalue weighted by Gasteiger charge is -2.33. The van der Waals surface area contributed by atoms with Gasteiger partial charge in [0.1, 0.15) is 0 Å². The van der Waals surface area contributed by atoms with E-state index < -0.39 is 5.97 Å². The zero-order chi connectivity index (χ0) is 14.4. The first-order valence-electron chi connectivity index (χ1n) is 6.75. The van der Waals surface area contributed by atoms with Gasteiger partial charge in [0.2, 0.25) is 0 Å². The maximum atomic E-state index is 12.5. The van der Waals surface area contributed by atoms with E-state index in [4.69, 9.17) is 9.84 Å². The SMILES string of the molecule is COCCN(C(=O)N(CCC(=O)O)C1CC1)C(C)C. The van der Waals surface area contributed by atoms with Crippen molar-refractivity contribution in [2.45, 2.75) is 45.2 Å². The van der Waals surface area contributed by atoms with Crippen LogP contribution in [-0.4, -0.2) is 65.8 Å². The van der Waals surface area contributed by atoms with Crippen LogP contribution in [0.2, 0.25) is 0 Å². The van der Waals surface area contributed by atoms with Crippen LogP contribution in [0.3, 0.4) is 0 Å². The van der Waals surface area contributed by atoms with Gasteiger partial charge in [-0.15, -0.1) is 0 Å². The molecular formula is C13H24N2O4. The second kappa shape index (κ2) is 7.33. The Kier molecular flexibility index (Phi) is 6.08. The maximum Gasteiger partial charge on any atom is 0.320 e. The molecular weight excluding hydrogens is 248 g/mol. The Morgan fingerprint density at radius 1 is 1.32 bits per heavy atom. The van der Waals surface area contributed by atoms with Gasteiger partial charge in [0, 0.05) is 32.3 Å². The quantitative estimate of drug-likeness (QED) is 0.725. The van der Waals surface area contributed by atoms with E-state index in [9.17, 15) is 9.59 Å². The smallest absolute Gasteiger partial charge is 0.320 e. The van der Waals surface area contributed by atoms with Gasteiger partial charge in [-0.05, 0) is 26.7 Å². The number of amides is 2. The second-order valence-corrected chi connectivity index (χ2v) is 5.13. The topological polar surface area (TPSA) is 70.1 Å². The summed E-state index contributed by atoms with van der Waals surface area (Å²) in [4.78, 5) is 26.6. The zero-order valence-corrected chi connectivity index (χ0v) is 12.0. The molecule has 1 aliphatic carbocycles. The van der Waals surface area contributed by atoms with E-state index in [1.165, 1.54) is 0 Å². The fourth-order valence-corrected chi connectivity index (χ4v) is 1.97. The molecule has 1 rings (SSSR count). The first-order valence-corrected chi connectivity index (χ1v) is 6.75. The van der Waals surface area contributed by atoms with Crippen molar-refractivity contribution in [2.75, 3.05) is 26.8 Å². The number of hydrogen-bond donors (Lipinski definition) is 1. The van der Waals surface area contributed by atoms with Gasteiger partial charge in [-0.2, -0.15) is 0 Å². The van der Waals surface area contributed by atoms with Crippen LogP contribution in [0, 0.1) is 0 Å². The van der Waals surface area contributed by atoms with Crippen molar-refractivity contribution < 1.29 is 19.4 Å². The molecule has 0 aliphatic heterocycles. The summed E-state index contributed by atoms with van der Waals surface area (Å²) in [5.41, 5.74) is 0. The van der Waals surface area contributed by atoms with Gasteiger partial charge in [-0.25, -0.2) is 4.79 Å². The molecule has 1 saturated carbocycles. The van der Waals surface area contributed by atoms with Crippen molar-refractivity contribution in [3.8, 4) is 0 Å². The monoisotopic (exact) mass is 272 g/mol. The van der Waals surface area contributed by atoms with Crippen LogP contribution >= 0.6 is 0 Å². The lowest BCUT2D eigenvalue weighted by atomic mass is 10.3. The highest BCUT2D eigenvalue weighted by molar-refractivity contribution is 5.76. The molecule has 0 unspecified atom stereocenters. The molecule has 0 saturated heterocycles. The van der Waals surface area contributed by atoms with Crippen LogP contribution < -0.4 is 0 Å². The number of hydrogen-bond acceptors (Lipinski definition) is 3. The summed E-state index contributed by atoms with van der Waals surface area (Å²) < 4.78 is 5.02. The molecule has 6 nitrogen and oxygen atoms in total. The zero-order valence-electron chi connectivity index (χ0n) is 12.0. The highest BCUT2D eigenvalue weighted by Crippen LogP contribution is 2.28. The summed E-state index contributed by atoms with van der Waals surface area (Å²) in [6, 6.07) is 0.222. The van der Waals surface area contributed by atoms with Crippen molar-refractivity contribution in [1.82, 2.24) is 9.80 Å². The molecule has 0 aromatic rings. The molecule has 1 N–H and O–H groups in total. The van der Waals surface area contributed by atoms with Gasteiger partial charge in [0.15, 0.2) is 0 Å². The molecule has 1 fully saturated rings. The largest absolute Gasteiger partial charge is 0.481 e. The van der Waals surface area contributed by atoms with Crippen molar-refractivity contribution in [3.63, 3.8) is 0 Å². The summed E-state index contributed by atoms with van der Waals surface area (Å²) in [6.45, 7) is 5.21. The maximum absolute atomic E-state index is 12.5. The molecule has 0 atom stereocenters. The number of aliphatic carboxylic acids is 1. The predicted molar refractivity (Wildman–Crippen MR) is 71.1 cm³/mol. The Hall–Kier alpha value is -1.30. The molecule has 1 aliphatic rings. The van der Waals surface area contributed by atoms with E-state index in [1.54, 1.807) is 16.9 Å². The lowest BCUT2D eigenvalue weighted by Crippen LogP contribution is -2.49. The molecule has 0 aromatic carbocycles. The second-order valence-electron chi connectivity index (χ2n) is 5.13. The van der Waals surface area contributed by atoms with Crippen LogP contribution in [0.15, 0.2) is 0 Å². The van der Waals surface area contributed by atoms with Crippen LogP contribution in [0.1, 0.15) is 33.1 Å². The molecule has 110 valence electrons. The molecule has 0 aromatic heterocycles. The van der Waals surface area contributed by atoms with E-state index in [2.05, 4.69) is 0 Å². The van der Waals surface area contributed by atoms with Gasteiger partial charge in [-0.3, -0.25) is 4.79 Å². The normalized spacial score (nSPS) is 14.5. The number of carboxylic acids is 1. The molecule has 0 radical (unpaired) electrons. The standard InChI is InChI=1S/C13H24N2O4/c1-10(2)14(8-9-19-3)13(18)15(11-4-5-11)7-6-12(16)17/h10-11H,4-9H2,1-3H3,(H,16,17). The van der Waals surface area contributed by atoms with Crippen LogP contribution in [0.5, 0.6) is 0 Å².